The number of nitrogens with one attached hydrogen (secondary N) is 1. The van der Waals surface area contributed by atoms with Crippen LogP contribution in [0.15, 0.2) is 30.7 Å². The molecule has 0 fully saturated rings. The van der Waals surface area contributed by atoms with Crippen molar-refractivity contribution in [2.24, 2.45) is 0 Å². The zero-order valence-electron chi connectivity index (χ0n) is 10.2. The molecule has 2 heterocycles. The molecule has 2 aromatic rings. The molecule has 0 saturated heterocycles. The number of halogens is 2. The third-order valence-electron chi connectivity index (χ3n) is 2.54. The molecule has 2 aromatic heterocycles. The van der Waals surface area contributed by atoms with Crippen LogP contribution in [0, 0.1) is 0 Å². The first kappa shape index (κ1) is 12.5. The van der Waals surface area contributed by atoms with Crippen LogP contribution in [0.1, 0.15) is 18.2 Å². The highest BCUT2D eigenvalue weighted by molar-refractivity contribution is 5.37. The Bertz CT molecular complexity index is 514. The van der Waals surface area contributed by atoms with Crippen molar-refractivity contribution in [3.05, 3.63) is 42.0 Å². The second-order valence-corrected chi connectivity index (χ2v) is 4.12. The van der Waals surface area contributed by atoms with Crippen LogP contribution in [0.4, 0.5) is 14.5 Å². The zero-order valence-corrected chi connectivity index (χ0v) is 10.2. The van der Waals surface area contributed by atoms with E-state index in [1.54, 1.807) is 24.0 Å². The number of pyridine rings is 1. The number of hydrogen-bond donors (Lipinski definition) is 1. The van der Waals surface area contributed by atoms with Crippen molar-refractivity contribution in [2.75, 3.05) is 12.4 Å². The number of rotatable bonds is 4. The monoisotopic (exact) mass is 252 g/mol. The first-order chi connectivity index (χ1) is 8.49. The van der Waals surface area contributed by atoms with Gasteiger partial charge in [-0.2, -0.15) is 13.9 Å². The summed E-state index contributed by atoms with van der Waals surface area (Å²) >= 11 is 0. The van der Waals surface area contributed by atoms with Gasteiger partial charge in [0.1, 0.15) is 5.69 Å². The lowest BCUT2D eigenvalue weighted by Crippen LogP contribution is -2.10. The average molecular weight is 252 g/mol. The predicted octanol–water partition coefficient (Wildman–Crippen LogP) is 2.48. The maximum absolute atomic E-state index is 13.0. The third kappa shape index (κ3) is 2.82. The van der Waals surface area contributed by atoms with Gasteiger partial charge in [-0.25, -0.2) is 0 Å². The van der Waals surface area contributed by atoms with Crippen molar-refractivity contribution in [2.45, 2.75) is 19.4 Å². The van der Waals surface area contributed by atoms with E-state index in [2.05, 4.69) is 15.4 Å². The molecule has 0 aliphatic rings. The van der Waals surface area contributed by atoms with Crippen LogP contribution in [0.5, 0.6) is 0 Å². The molecule has 0 aliphatic carbocycles. The van der Waals surface area contributed by atoms with Crippen molar-refractivity contribution in [1.82, 2.24) is 14.8 Å². The highest BCUT2D eigenvalue weighted by Crippen LogP contribution is 2.24. The fourth-order valence-electron chi connectivity index (χ4n) is 1.54. The first-order valence-corrected chi connectivity index (χ1v) is 5.52. The van der Waals surface area contributed by atoms with E-state index >= 15 is 0 Å². The molecule has 96 valence electrons. The van der Waals surface area contributed by atoms with E-state index in [0.717, 1.165) is 18.2 Å². The summed E-state index contributed by atoms with van der Waals surface area (Å²) in [6.45, 7) is 1.34. The van der Waals surface area contributed by atoms with E-state index in [4.69, 9.17) is 0 Å². The van der Waals surface area contributed by atoms with Gasteiger partial charge in [-0.1, -0.05) is 6.07 Å². The summed E-state index contributed by atoms with van der Waals surface area (Å²) in [5, 5.41) is 7.10. The second-order valence-electron chi connectivity index (χ2n) is 4.12. The van der Waals surface area contributed by atoms with Gasteiger partial charge in [-0.15, -0.1) is 0 Å². The lowest BCUT2D eigenvalue weighted by molar-refractivity contribution is 0.0127. The molecule has 2 rings (SSSR count). The Morgan fingerprint density at radius 3 is 2.61 bits per heavy atom. The van der Waals surface area contributed by atoms with Crippen LogP contribution in [0.2, 0.25) is 0 Å². The lowest BCUT2D eigenvalue weighted by Gasteiger charge is -2.09. The van der Waals surface area contributed by atoms with Crippen LogP contribution in [0.25, 0.3) is 0 Å². The molecule has 0 atom stereocenters. The quantitative estimate of drug-likeness (QED) is 0.909. The Hall–Kier alpha value is -1.98. The normalized spacial score (nSPS) is 11.6. The van der Waals surface area contributed by atoms with Crippen LogP contribution in [0.3, 0.4) is 0 Å². The summed E-state index contributed by atoms with van der Waals surface area (Å²) in [6.07, 6.45) is 4.98. The molecule has 0 saturated carbocycles. The van der Waals surface area contributed by atoms with Gasteiger partial charge >= 0.3 is 0 Å². The molecule has 0 unspecified atom stereocenters. The van der Waals surface area contributed by atoms with Crippen LogP contribution >= 0.6 is 0 Å². The molecule has 6 heteroatoms. The van der Waals surface area contributed by atoms with Gasteiger partial charge in [-0.05, 0) is 11.6 Å². The van der Waals surface area contributed by atoms with Crippen molar-refractivity contribution in [3.63, 3.8) is 0 Å². The van der Waals surface area contributed by atoms with Crippen LogP contribution in [-0.2, 0) is 12.5 Å². The molecule has 4 nitrogen and oxygen atoms in total. The minimum absolute atomic E-state index is 0.220. The molecule has 0 aliphatic heterocycles. The van der Waals surface area contributed by atoms with E-state index in [1.807, 2.05) is 6.20 Å². The molecule has 0 amide bonds. The highest BCUT2D eigenvalue weighted by Gasteiger charge is 2.25. The highest BCUT2D eigenvalue weighted by atomic mass is 19.3. The summed E-state index contributed by atoms with van der Waals surface area (Å²) in [4.78, 5) is 3.77. The summed E-state index contributed by atoms with van der Waals surface area (Å²) in [6, 6.07) is 2.98. The number of alkyl halides is 2. The van der Waals surface area contributed by atoms with Gasteiger partial charge in [0.25, 0.3) is 5.92 Å². The fourth-order valence-corrected chi connectivity index (χ4v) is 1.54. The second kappa shape index (κ2) is 4.72. The van der Waals surface area contributed by atoms with Crippen LogP contribution < -0.4 is 5.32 Å². The standard InChI is InChI=1S/C12H14F2N4/c1-12(13,14)11-4-3-9(5-16-11)7-18-8-10(15-2)6-17-18/h3-6,8,15H,7H2,1-2H3. The SMILES string of the molecule is CNc1cnn(Cc2ccc(C(C)(F)F)nc2)c1. The van der Waals surface area contributed by atoms with E-state index in [0.29, 0.717) is 6.54 Å². The van der Waals surface area contributed by atoms with E-state index in [-0.39, 0.29) is 5.69 Å². The Labute approximate surface area is 104 Å². The third-order valence-corrected chi connectivity index (χ3v) is 2.54. The Kier molecular flexibility index (Phi) is 3.27. The summed E-state index contributed by atoms with van der Waals surface area (Å²) in [7, 11) is 1.81. The van der Waals surface area contributed by atoms with E-state index in [1.165, 1.54) is 12.3 Å². The maximum atomic E-state index is 13.0. The topological polar surface area (TPSA) is 42.7 Å². The molecular weight excluding hydrogens is 238 g/mol. The largest absolute Gasteiger partial charge is 0.386 e. The summed E-state index contributed by atoms with van der Waals surface area (Å²) in [5.74, 6) is -2.90. The van der Waals surface area contributed by atoms with E-state index < -0.39 is 5.92 Å². The number of hydrogen-bond acceptors (Lipinski definition) is 3. The summed E-state index contributed by atoms with van der Waals surface area (Å²) in [5.41, 5.74) is 1.51. The van der Waals surface area contributed by atoms with Gasteiger partial charge in [0.05, 0.1) is 18.4 Å². The van der Waals surface area contributed by atoms with Crippen molar-refractivity contribution >= 4 is 5.69 Å². The van der Waals surface area contributed by atoms with Gasteiger partial charge in [-0.3, -0.25) is 9.67 Å². The number of aromatic nitrogens is 3. The molecule has 0 spiro atoms. The van der Waals surface area contributed by atoms with Crippen LogP contribution in [-0.4, -0.2) is 21.8 Å². The average Bonchev–Trinajstić information content (AvgIpc) is 2.76. The Morgan fingerprint density at radius 1 is 1.33 bits per heavy atom. The minimum atomic E-state index is -2.90. The lowest BCUT2D eigenvalue weighted by atomic mass is 10.2. The zero-order chi connectivity index (χ0) is 13.2. The predicted molar refractivity (Wildman–Crippen MR) is 64.7 cm³/mol. The van der Waals surface area contributed by atoms with Crippen molar-refractivity contribution < 1.29 is 8.78 Å². The van der Waals surface area contributed by atoms with Gasteiger partial charge < -0.3 is 5.32 Å². The van der Waals surface area contributed by atoms with Crippen molar-refractivity contribution in [3.8, 4) is 0 Å². The molecule has 1 N–H and O–H groups in total. The number of anilines is 1. The fraction of sp³-hybridized carbons (Fsp3) is 0.333. The summed E-state index contributed by atoms with van der Waals surface area (Å²) < 4.78 is 27.7. The maximum Gasteiger partial charge on any atom is 0.286 e. The Morgan fingerprint density at radius 2 is 2.11 bits per heavy atom. The molecular formula is C12H14F2N4. The molecule has 0 radical (unpaired) electrons. The molecule has 0 aromatic carbocycles. The number of nitrogens with zero attached hydrogens (tertiary/aromatic N) is 3. The van der Waals surface area contributed by atoms with Gasteiger partial charge in [0.15, 0.2) is 0 Å². The van der Waals surface area contributed by atoms with E-state index in [9.17, 15) is 8.78 Å². The molecule has 0 bridgehead atoms. The van der Waals surface area contributed by atoms with Gasteiger partial charge in [0, 0.05) is 26.4 Å². The van der Waals surface area contributed by atoms with Gasteiger partial charge in [0.2, 0.25) is 0 Å². The van der Waals surface area contributed by atoms with Crippen molar-refractivity contribution in [1.29, 1.82) is 0 Å². The molecule has 18 heavy (non-hydrogen) atoms. The minimum Gasteiger partial charge on any atom is -0.386 e. The Balaban J connectivity index is 2.11. The first-order valence-electron chi connectivity index (χ1n) is 5.52. The smallest absolute Gasteiger partial charge is 0.286 e.